The summed E-state index contributed by atoms with van der Waals surface area (Å²) < 4.78 is 26.9. The summed E-state index contributed by atoms with van der Waals surface area (Å²) in [7, 11) is -3.54. The van der Waals surface area contributed by atoms with Crippen LogP contribution in [0.25, 0.3) is 0 Å². The van der Waals surface area contributed by atoms with Gasteiger partial charge in [0.15, 0.2) is 0 Å². The molecule has 0 amide bonds. The van der Waals surface area contributed by atoms with Gasteiger partial charge in [-0.05, 0) is 44.4 Å². The molecule has 19 heavy (non-hydrogen) atoms. The van der Waals surface area contributed by atoms with E-state index >= 15 is 0 Å². The van der Waals surface area contributed by atoms with Crippen LogP contribution >= 0.6 is 23.2 Å². The minimum atomic E-state index is -3.54. The Balaban J connectivity index is 2.48. The molecule has 0 N–H and O–H groups in total. The first-order chi connectivity index (χ1) is 8.85. The Morgan fingerprint density at radius 1 is 1.26 bits per heavy atom. The molecule has 6 heteroatoms. The van der Waals surface area contributed by atoms with Gasteiger partial charge in [-0.3, -0.25) is 0 Å². The quantitative estimate of drug-likeness (QED) is 0.829. The highest BCUT2D eigenvalue weighted by atomic mass is 35.5. The van der Waals surface area contributed by atoms with E-state index in [0.717, 1.165) is 19.3 Å². The van der Waals surface area contributed by atoms with E-state index in [1.165, 1.54) is 6.07 Å². The second kappa shape index (κ2) is 5.60. The fourth-order valence-corrected chi connectivity index (χ4v) is 4.88. The lowest BCUT2D eigenvalue weighted by Crippen LogP contribution is -2.42. The van der Waals surface area contributed by atoms with Gasteiger partial charge >= 0.3 is 0 Å². The van der Waals surface area contributed by atoms with Gasteiger partial charge in [0, 0.05) is 17.6 Å². The Morgan fingerprint density at radius 2 is 1.95 bits per heavy atom. The van der Waals surface area contributed by atoms with Gasteiger partial charge in [-0.15, -0.1) is 0 Å². The summed E-state index contributed by atoms with van der Waals surface area (Å²) >= 11 is 12.1. The average molecular weight is 322 g/mol. The summed E-state index contributed by atoms with van der Waals surface area (Å²) in [5.74, 6) is 0. The molecule has 1 aromatic rings. The zero-order chi connectivity index (χ0) is 14.2. The summed E-state index contributed by atoms with van der Waals surface area (Å²) in [4.78, 5) is 0.157. The zero-order valence-corrected chi connectivity index (χ0v) is 13.3. The third kappa shape index (κ3) is 2.77. The lowest BCUT2D eigenvalue weighted by atomic mass is 10.1. The first-order valence-corrected chi connectivity index (χ1v) is 8.51. The minimum Gasteiger partial charge on any atom is -0.207 e. The fraction of sp³-hybridized carbons (Fsp3) is 0.538. The van der Waals surface area contributed by atoms with Crippen LogP contribution in [-0.4, -0.2) is 25.3 Å². The van der Waals surface area contributed by atoms with E-state index in [9.17, 15) is 8.42 Å². The van der Waals surface area contributed by atoms with Crippen molar-refractivity contribution in [1.82, 2.24) is 4.31 Å². The predicted octanol–water partition coefficient (Wildman–Crippen LogP) is 3.86. The lowest BCUT2D eigenvalue weighted by Gasteiger charge is -2.32. The predicted molar refractivity (Wildman–Crippen MR) is 78.4 cm³/mol. The molecule has 1 saturated heterocycles. The van der Waals surface area contributed by atoms with Crippen LogP contribution in [0.15, 0.2) is 17.0 Å². The number of halogens is 2. The van der Waals surface area contributed by atoms with E-state index in [0.29, 0.717) is 17.1 Å². The summed E-state index contributed by atoms with van der Waals surface area (Å²) in [5, 5.41) is 0.709. The normalized spacial score (nSPS) is 21.6. The molecule has 0 spiro atoms. The van der Waals surface area contributed by atoms with Gasteiger partial charge in [-0.25, -0.2) is 8.42 Å². The van der Waals surface area contributed by atoms with Crippen molar-refractivity contribution in [2.45, 2.75) is 44.0 Å². The molecule has 1 heterocycles. The highest BCUT2D eigenvalue weighted by Crippen LogP contribution is 2.34. The molecule has 0 aromatic heterocycles. The van der Waals surface area contributed by atoms with E-state index in [1.807, 2.05) is 6.92 Å². The molecule has 1 aliphatic rings. The molecule has 1 atom stereocenters. The van der Waals surface area contributed by atoms with Crippen LogP contribution in [0.4, 0.5) is 0 Å². The van der Waals surface area contributed by atoms with Crippen LogP contribution in [-0.2, 0) is 10.0 Å². The molecular weight excluding hydrogens is 305 g/mol. The van der Waals surface area contributed by atoms with E-state index in [2.05, 4.69) is 0 Å². The van der Waals surface area contributed by atoms with Crippen LogP contribution in [0.2, 0.25) is 10.0 Å². The number of piperidine rings is 1. The first-order valence-electron chi connectivity index (χ1n) is 6.32. The number of hydrogen-bond donors (Lipinski definition) is 0. The second-order valence-corrected chi connectivity index (χ2v) is 7.59. The van der Waals surface area contributed by atoms with Crippen molar-refractivity contribution in [3.8, 4) is 0 Å². The topological polar surface area (TPSA) is 37.4 Å². The van der Waals surface area contributed by atoms with Crippen LogP contribution < -0.4 is 0 Å². The van der Waals surface area contributed by atoms with Crippen molar-refractivity contribution < 1.29 is 8.42 Å². The van der Waals surface area contributed by atoms with Crippen molar-refractivity contribution >= 4 is 33.2 Å². The zero-order valence-electron chi connectivity index (χ0n) is 11.0. The molecule has 0 bridgehead atoms. The summed E-state index contributed by atoms with van der Waals surface area (Å²) in [6.07, 6.45) is 2.86. The molecule has 3 nitrogen and oxygen atoms in total. The third-order valence-electron chi connectivity index (χ3n) is 3.61. The minimum absolute atomic E-state index is 0.0193. The fourth-order valence-electron chi connectivity index (χ4n) is 2.39. The molecule has 1 aliphatic heterocycles. The highest BCUT2D eigenvalue weighted by molar-refractivity contribution is 7.89. The number of hydrogen-bond acceptors (Lipinski definition) is 2. The van der Waals surface area contributed by atoms with E-state index in [-0.39, 0.29) is 16.0 Å². The van der Waals surface area contributed by atoms with Gasteiger partial charge in [-0.1, -0.05) is 29.6 Å². The van der Waals surface area contributed by atoms with Gasteiger partial charge in [-0.2, -0.15) is 4.31 Å². The van der Waals surface area contributed by atoms with Crippen molar-refractivity contribution in [1.29, 1.82) is 0 Å². The monoisotopic (exact) mass is 321 g/mol. The Bertz CT molecular complexity index is 587. The molecule has 106 valence electrons. The molecule has 0 radical (unpaired) electrons. The lowest BCUT2D eigenvalue weighted by molar-refractivity contribution is 0.268. The SMILES string of the molecule is Cc1c(Cl)ccc(S(=O)(=O)N2CCCC[C@H]2C)c1Cl. The van der Waals surface area contributed by atoms with Gasteiger partial charge in [0.25, 0.3) is 0 Å². The van der Waals surface area contributed by atoms with Crippen molar-refractivity contribution in [3.05, 3.63) is 27.7 Å². The van der Waals surface area contributed by atoms with Crippen LogP contribution in [0, 0.1) is 6.92 Å². The maximum absolute atomic E-state index is 12.7. The molecule has 1 fully saturated rings. The maximum atomic E-state index is 12.7. The number of rotatable bonds is 2. The average Bonchev–Trinajstić information content (AvgIpc) is 2.36. The smallest absolute Gasteiger partial charge is 0.207 e. The first kappa shape index (κ1) is 15.1. The summed E-state index contributed by atoms with van der Waals surface area (Å²) in [6, 6.07) is 3.10. The Morgan fingerprint density at radius 3 is 2.58 bits per heavy atom. The van der Waals surface area contributed by atoms with Crippen molar-refractivity contribution in [3.63, 3.8) is 0 Å². The van der Waals surface area contributed by atoms with Gasteiger partial charge < -0.3 is 0 Å². The molecule has 1 aromatic carbocycles. The number of benzene rings is 1. The van der Waals surface area contributed by atoms with E-state index in [4.69, 9.17) is 23.2 Å². The van der Waals surface area contributed by atoms with Gasteiger partial charge in [0.05, 0.1) is 5.02 Å². The number of sulfonamides is 1. The second-order valence-electron chi connectivity index (χ2n) is 4.95. The standard InChI is InChI=1S/C13H17Cl2NO2S/c1-9-5-3-4-8-16(9)19(17,18)12-7-6-11(14)10(2)13(12)15/h6-7,9H,3-5,8H2,1-2H3/t9-/m1/s1. The molecular formula is C13H17Cl2NO2S. The molecule has 0 saturated carbocycles. The summed E-state index contributed by atoms with van der Waals surface area (Å²) in [5.41, 5.74) is 0.606. The number of nitrogens with zero attached hydrogens (tertiary/aromatic N) is 1. The van der Waals surface area contributed by atoms with E-state index < -0.39 is 10.0 Å². The largest absolute Gasteiger partial charge is 0.244 e. The third-order valence-corrected chi connectivity index (χ3v) is 6.68. The van der Waals surface area contributed by atoms with Crippen LogP contribution in [0.3, 0.4) is 0 Å². The van der Waals surface area contributed by atoms with Crippen LogP contribution in [0.5, 0.6) is 0 Å². The Labute approximate surface area is 124 Å². The Hall–Kier alpha value is -0.290. The highest BCUT2D eigenvalue weighted by Gasteiger charge is 2.32. The van der Waals surface area contributed by atoms with Gasteiger partial charge in [0.2, 0.25) is 10.0 Å². The van der Waals surface area contributed by atoms with Crippen LogP contribution in [0.1, 0.15) is 31.7 Å². The molecule has 2 rings (SSSR count). The van der Waals surface area contributed by atoms with E-state index in [1.54, 1.807) is 17.3 Å². The molecule has 0 unspecified atom stereocenters. The van der Waals surface area contributed by atoms with Gasteiger partial charge in [0.1, 0.15) is 4.90 Å². The van der Waals surface area contributed by atoms with Crippen molar-refractivity contribution in [2.24, 2.45) is 0 Å². The van der Waals surface area contributed by atoms with Crippen molar-refractivity contribution in [2.75, 3.05) is 6.54 Å². The maximum Gasteiger partial charge on any atom is 0.244 e. The Kier molecular flexibility index (Phi) is 4.45. The summed E-state index contributed by atoms with van der Waals surface area (Å²) in [6.45, 7) is 4.22. The molecule has 0 aliphatic carbocycles.